The lowest BCUT2D eigenvalue weighted by atomic mass is 10.2. The van der Waals surface area contributed by atoms with Crippen LogP contribution in [0, 0.1) is 0 Å². The van der Waals surface area contributed by atoms with E-state index >= 15 is 0 Å². The van der Waals surface area contributed by atoms with Gasteiger partial charge in [0.25, 0.3) is 0 Å². The lowest BCUT2D eigenvalue weighted by Crippen LogP contribution is -2.18. The minimum atomic E-state index is -4.56. The van der Waals surface area contributed by atoms with Crippen LogP contribution in [0.5, 0.6) is 0 Å². The summed E-state index contributed by atoms with van der Waals surface area (Å²) < 4.78 is 36.9. The Bertz CT molecular complexity index is 364. The summed E-state index contributed by atoms with van der Waals surface area (Å²) in [6, 6.07) is 0.102. The lowest BCUT2D eigenvalue weighted by molar-refractivity contribution is -0.140. The number of nitrogens with zero attached hydrogens (tertiary/aromatic N) is 2. The average Bonchev–Trinajstić information content (AvgIpc) is 2.15. The molecular formula is C9H13F3N4. The second kappa shape index (κ2) is 4.54. The molecule has 0 saturated heterocycles. The van der Waals surface area contributed by atoms with E-state index in [0.29, 0.717) is 0 Å². The van der Waals surface area contributed by atoms with Gasteiger partial charge in [0.05, 0.1) is 6.20 Å². The molecule has 0 radical (unpaired) electrons. The van der Waals surface area contributed by atoms with E-state index in [9.17, 15) is 13.2 Å². The van der Waals surface area contributed by atoms with Gasteiger partial charge in [0.15, 0.2) is 11.5 Å². The maximum atomic E-state index is 12.3. The molecule has 1 heterocycles. The molecule has 1 rings (SSSR count). The molecule has 0 saturated carbocycles. The maximum absolute atomic E-state index is 12.3. The molecule has 1 atom stereocenters. The molecular weight excluding hydrogens is 221 g/mol. The van der Waals surface area contributed by atoms with Crippen molar-refractivity contribution in [1.29, 1.82) is 0 Å². The smallest absolute Gasteiger partial charge is 0.382 e. The summed E-state index contributed by atoms with van der Waals surface area (Å²) in [5, 5.41) is 2.89. The van der Waals surface area contributed by atoms with Crippen molar-refractivity contribution < 1.29 is 13.2 Å². The Morgan fingerprint density at radius 3 is 2.56 bits per heavy atom. The molecule has 1 aromatic rings. The molecule has 0 aliphatic heterocycles. The highest BCUT2D eigenvalue weighted by molar-refractivity contribution is 5.44. The lowest BCUT2D eigenvalue weighted by Gasteiger charge is -2.13. The van der Waals surface area contributed by atoms with Crippen LogP contribution in [-0.4, -0.2) is 16.0 Å². The Morgan fingerprint density at radius 2 is 2.12 bits per heavy atom. The Labute approximate surface area is 91.1 Å². The van der Waals surface area contributed by atoms with E-state index in [4.69, 9.17) is 5.73 Å². The first kappa shape index (κ1) is 12.5. The third-order valence-corrected chi connectivity index (χ3v) is 2.07. The first-order chi connectivity index (χ1) is 7.34. The quantitative estimate of drug-likeness (QED) is 0.842. The van der Waals surface area contributed by atoms with Crippen LogP contribution in [0.3, 0.4) is 0 Å². The van der Waals surface area contributed by atoms with Gasteiger partial charge in [-0.2, -0.15) is 13.2 Å². The van der Waals surface area contributed by atoms with Crippen LogP contribution in [0.1, 0.15) is 26.0 Å². The number of halogens is 3. The molecule has 0 spiro atoms. The molecule has 4 nitrogen and oxygen atoms in total. The minimum Gasteiger partial charge on any atom is -0.382 e. The van der Waals surface area contributed by atoms with Gasteiger partial charge in [-0.3, -0.25) is 0 Å². The SMILES string of the molecule is CC[C@H](C)Nc1cnc(C(F)(F)F)c(N)n1. The van der Waals surface area contributed by atoms with Crippen molar-refractivity contribution in [2.45, 2.75) is 32.5 Å². The van der Waals surface area contributed by atoms with Crippen LogP contribution in [0.2, 0.25) is 0 Å². The normalized spacial score (nSPS) is 13.6. The number of nitrogens with two attached hydrogens (primary N) is 1. The first-order valence-electron chi connectivity index (χ1n) is 4.80. The van der Waals surface area contributed by atoms with E-state index in [2.05, 4.69) is 15.3 Å². The van der Waals surface area contributed by atoms with Crippen molar-refractivity contribution in [2.24, 2.45) is 0 Å². The van der Waals surface area contributed by atoms with Crippen molar-refractivity contribution in [3.8, 4) is 0 Å². The van der Waals surface area contributed by atoms with Gasteiger partial charge in [0.1, 0.15) is 5.82 Å². The van der Waals surface area contributed by atoms with Crippen LogP contribution in [0.4, 0.5) is 24.8 Å². The summed E-state index contributed by atoms with van der Waals surface area (Å²) in [6.45, 7) is 3.83. The predicted molar refractivity (Wildman–Crippen MR) is 54.8 cm³/mol. The van der Waals surface area contributed by atoms with E-state index in [1.165, 1.54) is 0 Å². The van der Waals surface area contributed by atoms with Gasteiger partial charge in [-0.1, -0.05) is 6.92 Å². The zero-order chi connectivity index (χ0) is 12.3. The summed E-state index contributed by atoms with van der Waals surface area (Å²) in [5.41, 5.74) is 4.04. The fourth-order valence-electron chi connectivity index (χ4n) is 1.05. The van der Waals surface area contributed by atoms with Crippen molar-refractivity contribution in [3.05, 3.63) is 11.9 Å². The minimum absolute atomic E-state index is 0.102. The Kier molecular flexibility index (Phi) is 3.56. The highest BCUT2D eigenvalue weighted by Crippen LogP contribution is 2.31. The summed E-state index contributed by atoms with van der Waals surface area (Å²) in [4.78, 5) is 6.87. The molecule has 0 aromatic carbocycles. The molecule has 0 fully saturated rings. The Balaban J connectivity index is 2.91. The molecule has 0 amide bonds. The standard InChI is InChI=1S/C9H13F3N4/c1-3-5(2)15-6-4-14-7(8(13)16-6)9(10,11)12/h4-5H,3H2,1-2H3,(H3,13,15,16)/t5-/m0/s1. The molecule has 16 heavy (non-hydrogen) atoms. The number of hydrogen-bond acceptors (Lipinski definition) is 4. The van der Waals surface area contributed by atoms with Gasteiger partial charge in [-0.05, 0) is 13.3 Å². The van der Waals surface area contributed by atoms with Crippen molar-refractivity contribution in [2.75, 3.05) is 11.1 Å². The third-order valence-electron chi connectivity index (χ3n) is 2.07. The molecule has 7 heteroatoms. The van der Waals surface area contributed by atoms with Crippen LogP contribution in [0.15, 0.2) is 6.20 Å². The average molecular weight is 234 g/mol. The molecule has 0 unspecified atom stereocenters. The van der Waals surface area contributed by atoms with Gasteiger partial charge in [0, 0.05) is 6.04 Å². The number of hydrogen-bond donors (Lipinski definition) is 2. The van der Waals surface area contributed by atoms with Gasteiger partial charge in [-0.15, -0.1) is 0 Å². The molecule has 1 aromatic heterocycles. The van der Waals surface area contributed by atoms with Crippen LogP contribution in [0.25, 0.3) is 0 Å². The fourth-order valence-corrected chi connectivity index (χ4v) is 1.05. The number of alkyl halides is 3. The van der Waals surface area contributed by atoms with Crippen LogP contribution >= 0.6 is 0 Å². The number of nitrogens with one attached hydrogen (secondary N) is 1. The van der Waals surface area contributed by atoms with E-state index < -0.39 is 17.7 Å². The van der Waals surface area contributed by atoms with Crippen molar-refractivity contribution in [3.63, 3.8) is 0 Å². The summed E-state index contributed by atoms with van der Waals surface area (Å²) in [7, 11) is 0. The zero-order valence-corrected chi connectivity index (χ0v) is 8.97. The highest BCUT2D eigenvalue weighted by atomic mass is 19.4. The topological polar surface area (TPSA) is 63.8 Å². The van der Waals surface area contributed by atoms with Gasteiger partial charge in [0.2, 0.25) is 0 Å². The van der Waals surface area contributed by atoms with Gasteiger partial charge >= 0.3 is 6.18 Å². The van der Waals surface area contributed by atoms with Gasteiger partial charge in [-0.25, -0.2) is 9.97 Å². The second-order valence-corrected chi connectivity index (χ2v) is 3.44. The molecule has 0 bridgehead atoms. The van der Waals surface area contributed by atoms with E-state index in [1.807, 2.05) is 13.8 Å². The van der Waals surface area contributed by atoms with E-state index in [0.717, 1.165) is 12.6 Å². The van der Waals surface area contributed by atoms with Gasteiger partial charge < -0.3 is 11.1 Å². The number of nitrogen functional groups attached to an aromatic ring is 1. The largest absolute Gasteiger partial charge is 0.437 e. The van der Waals surface area contributed by atoms with E-state index in [1.54, 1.807) is 0 Å². The number of anilines is 2. The van der Waals surface area contributed by atoms with E-state index in [-0.39, 0.29) is 11.9 Å². The van der Waals surface area contributed by atoms with Crippen LogP contribution < -0.4 is 11.1 Å². The molecule has 3 N–H and O–H groups in total. The van der Waals surface area contributed by atoms with Crippen LogP contribution in [-0.2, 0) is 6.18 Å². The Morgan fingerprint density at radius 1 is 1.50 bits per heavy atom. The summed E-state index contributed by atoms with van der Waals surface area (Å²) in [6.07, 6.45) is -2.71. The zero-order valence-electron chi connectivity index (χ0n) is 8.97. The molecule has 0 aliphatic rings. The molecule has 90 valence electrons. The predicted octanol–water partition coefficient (Wildman–Crippen LogP) is 2.29. The Hall–Kier alpha value is -1.53. The second-order valence-electron chi connectivity index (χ2n) is 3.44. The van der Waals surface area contributed by atoms with Crippen molar-refractivity contribution in [1.82, 2.24) is 9.97 Å². The highest BCUT2D eigenvalue weighted by Gasteiger charge is 2.35. The summed E-state index contributed by atoms with van der Waals surface area (Å²) >= 11 is 0. The molecule has 0 aliphatic carbocycles. The number of aromatic nitrogens is 2. The number of rotatable bonds is 3. The summed E-state index contributed by atoms with van der Waals surface area (Å²) in [5.74, 6) is -0.361. The fraction of sp³-hybridized carbons (Fsp3) is 0.556. The first-order valence-corrected chi connectivity index (χ1v) is 4.80. The van der Waals surface area contributed by atoms with Crippen molar-refractivity contribution >= 4 is 11.6 Å². The monoisotopic (exact) mass is 234 g/mol. The maximum Gasteiger partial charge on any atom is 0.437 e. The third kappa shape index (κ3) is 2.98.